The van der Waals surface area contributed by atoms with E-state index in [1.165, 1.54) is 6.07 Å². The van der Waals surface area contributed by atoms with Gasteiger partial charge in [-0.2, -0.15) is 0 Å². The minimum absolute atomic E-state index is 0.135. The lowest BCUT2D eigenvalue weighted by atomic mass is 9.95. The number of ether oxygens (including phenoxy) is 4. The van der Waals surface area contributed by atoms with Crippen LogP contribution in [0.3, 0.4) is 0 Å². The quantitative estimate of drug-likeness (QED) is 0.247. The molecule has 6 nitrogen and oxygen atoms in total. The van der Waals surface area contributed by atoms with Crippen LogP contribution in [0.15, 0.2) is 94.1 Å². The van der Waals surface area contributed by atoms with Crippen molar-refractivity contribution in [3.05, 3.63) is 95.2 Å². The van der Waals surface area contributed by atoms with Gasteiger partial charge in [0.05, 0.1) is 33.8 Å². The Labute approximate surface area is 214 Å². The van der Waals surface area contributed by atoms with Gasteiger partial charge in [-0.05, 0) is 53.1 Å². The maximum absolute atomic E-state index is 13.4. The van der Waals surface area contributed by atoms with Crippen LogP contribution in [0, 0.1) is 0 Å². The van der Waals surface area contributed by atoms with Gasteiger partial charge in [0.15, 0.2) is 28.4 Å². The fourth-order valence-corrected chi connectivity index (χ4v) is 4.40. The molecule has 0 saturated heterocycles. The van der Waals surface area contributed by atoms with Gasteiger partial charge in [-0.3, -0.25) is 4.79 Å². The summed E-state index contributed by atoms with van der Waals surface area (Å²) in [5.41, 5.74) is 4.44. The van der Waals surface area contributed by atoms with Gasteiger partial charge in [0.25, 0.3) is 0 Å². The number of rotatable bonds is 7. The molecular weight excluding hydrogens is 468 g/mol. The molecule has 0 bridgehead atoms. The second kappa shape index (κ2) is 10.1. The summed E-state index contributed by atoms with van der Waals surface area (Å²) in [5.74, 6) is 2.90. The third kappa shape index (κ3) is 4.49. The van der Waals surface area contributed by atoms with Crippen LogP contribution in [0.5, 0.6) is 23.0 Å². The Morgan fingerprint density at radius 3 is 1.76 bits per heavy atom. The van der Waals surface area contributed by atoms with Crippen molar-refractivity contribution < 1.29 is 23.4 Å². The van der Waals surface area contributed by atoms with Crippen molar-refractivity contribution in [1.29, 1.82) is 0 Å². The molecule has 37 heavy (non-hydrogen) atoms. The highest BCUT2D eigenvalue weighted by Gasteiger charge is 2.17. The standard InChI is InChI=1S/C31H26O6/c1-33-26-12-10-20(16-29(26)35-3)22-14-23(21-11-13-27(34-2)30(17-21)36-4)31-24(15-22)25(32)18-28(37-31)19-8-6-5-7-9-19/h5-18H,1-4H3. The Bertz CT molecular complexity index is 1640. The summed E-state index contributed by atoms with van der Waals surface area (Å²) in [4.78, 5) is 13.4. The van der Waals surface area contributed by atoms with Crippen LogP contribution in [0.2, 0.25) is 0 Å². The fraction of sp³-hybridized carbons (Fsp3) is 0.129. The lowest BCUT2D eigenvalue weighted by molar-refractivity contribution is 0.355. The van der Waals surface area contributed by atoms with Crippen molar-refractivity contribution in [2.45, 2.75) is 0 Å². The predicted octanol–water partition coefficient (Wildman–Crippen LogP) is 6.83. The van der Waals surface area contributed by atoms with E-state index in [0.29, 0.717) is 39.7 Å². The second-order valence-corrected chi connectivity index (χ2v) is 8.38. The average Bonchev–Trinajstić information content (AvgIpc) is 2.96. The summed E-state index contributed by atoms with van der Waals surface area (Å²) in [6.07, 6.45) is 0. The summed E-state index contributed by atoms with van der Waals surface area (Å²) in [7, 11) is 6.37. The zero-order chi connectivity index (χ0) is 25.9. The van der Waals surface area contributed by atoms with Crippen LogP contribution in [0.1, 0.15) is 0 Å². The van der Waals surface area contributed by atoms with E-state index in [0.717, 1.165) is 27.8 Å². The van der Waals surface area contributed by atoms with Crippen molar-refractivity contribution >= 4 is 11.0 Å². The molecule has 186 valence electrons. The van der Waals surface area contributed by atoms with Gasteiger partial charge in [-0.1, -0.05) is 42.5 Å². The minimum atomic E-state index is -0.135. The molecule has 0 N–H and O–H groups in total. The normalized spacial score (nSPS) is 10.8. The van der Waals surface area contributed by atoms with E-state index in [-0.39, 0.29) is 5.43 Å². The van der Waals surface area contributed by atoms with Crippen molar-refractivity contribution in [2.24, 2.45) is 0 Å². The summed E-state index contributed by atoms with van der Waals surface area (Å²) < 4.78 is 28.3. The molecule has 0 unspecified atom stereocenters. The topological polar surface area (TPSA) is 67.1 Å². The molecule has 0 spiro atoms. The Balaban J connectivity index is 1.81. The molecule has 5 rings (SSSR count). The maximum atomic E-state index is 13.4. The molecule has 5 aromatic rings. The van der Waals surface area contributed by atoms with Gasteiger partial charge < -0.3 is 23.4 Å². The smallest absolute Gasteiger partial charge is 0.193 e. The Kier molecular flexibility index (Phi) is 6.56. The van der Waals surface area contributed by atoms with Crippen LogP contribution in [-0.2, 0) is 0 Å². The van der Waals surface area contributed by atoms with Crippen molar-refractivity contribution in [3.63, 3.8) is 0 Å². The molecule has 1 heterocycles. The first-order valence-corrected chi connectivity index (χ1v) is 11.7. The highest BCUT2D eigenvalue weighted by molar-refractivity contribution is 5.97. The summed E-state index contributed by atoms with van der Waals surface area (Å²) in [5, 5.41) is 0.469. The molecule has 6 heteroatoms. The Hall–Kier alpha value is -4.71. The number of methoxy groups -OCH3 is 4. The number of benzene rings is 4. The zero-order valence-electron chi connectivity index (χ0n) is 21.0. The number of hydrogen-bond acceptors (Lipinski definition) is 6. The van der Waals surface area contributed by atoms with Gasteiger partial charge in [0.2, 0.25) is 0 Å². The number of fused-ring (bicyclic) bond motifs is 1. The largest absolute Gasteiger partial charge is 0.493 e. The Morgan fingerprint density at radius 2 is 1.14 bits per heavy atom. The molecule has 0 aliphatic carbocycles. The lowest BCUT2D eigenvalue weighted by Crippen LogP contribution is -2.02. The van der Waals surface area contributed by atoms with Gasteiger partial charge in [0, 0.05) is 17.2 Å². The van der Waals surface area contributed by atoms with Crippen LogP contribution in [0.4, 0.5) is 0 Å². The summed E-state index contributed by atoms with van der Waals surface area (Å²) in [6, 6.07) is 26.3. The first-order valence-electron chi connectivity index (χ1n) is 11.7. The van der Waals surface area contributed by atoms with E-state index < -0.39 is 0 Å². The van der Waals surface area contributed by atoms with E-state index in [2.05, 4.69) is 0 Å². The summed E-state index contributed by atoms with van der Waals surface area (Å²) >= 11 is 0. The Morgan fingerprint density at radius 1 is 0.541 bits per heavy atom. The van der Waals surface area contributed by atoms with E-state index in [1.54, 1.807) is 28.4 Å². The van der Waals surface area contributed by atoms with E-state index in [9.17, 15) is 4.79 Å². The van der Waals surface area contributed by atoms with Crippen molar-refractivity contribution in [2.75, 3.05) is 28.4 Å². The zero-order valence-corrected chi connectivity index (χ0v) is 21.0. The van der Waals surface area contributed by atoms with E-state index >= 15 is 0 Å². The molecule has 4 aromatic carbocycles. The van der Waals surface area contributed by atoms with Crippen molar-refractivity contribution in [3.8, 4) is 56.6 Å². The van der Waals surface area contributed by atoms with Crippen molar-refractivity contribution in [1.82, 2.24) is 0 Å². The number of hydrogen-bond donors (Lipinski definition) is 0. The molecule has 0 atom stereocenters. The molecule has 0 saturated carbocycles. The van der Waals surface area contributed by atoms with Gasteiger partial charge in [-0.25, -0.2) is 0 Å². The SMILES string of the molecule is COc1ccc(-c2cc(-c3ccc(OC)c(OC)c3)c3oc(-c4ccccc4)cc(=O)c3c2)cc1OC. The first kappa shape index (κ1) is 24.0. The third-order valence-corrected chi connectivity index (χ3v) is 6.30. The van der Waals surface area contributed by atoms with Gasteiger partial charge in [-0.15, -0.1) is 0 Å². The highest BCUT2D eigenvalue weighted by Crippen LogP contribution is 2.40. The van der Waals surface area contributed by atoms with Crippen LogP contribution in [0.25, 0.3) is 44.5 Å². The average molecular weight is 495 g/mol. The molecule has 1 aromatic heterocycles. The van der Waals surface area contributed by atoms with Crippen LogP contribution < -0.4 is 24.4 Å². The summed E-state index contributed by atoms with van der Waals surface area (Å²) in [6.45, 7) is 0. The predicted molar refractivity (Wildman–Crippen MR) is 145 cm³/mol. The molecule has 0 fully saturated rings. The maximum Gasteiger partial charge on any atom is 0.193 e. The van der Waals surface area contributed by atoms with E-state index in [4.69, 9.17) is 23.4 Å². The van der Waals surface area contributed by atoms with E-state index in [1.807, 2.05) is 78.9 Å². The lowest BCUT2D eigenvalue weighted by Gasteiger charge is -2.14. The molecule has 0 aliphatic heterocycles. The second-order valence-electron chi connectivity index (χ2n) is 8.38. The molecular formula is C31H26O6. The molecule has 0 radical (unpaired) electrons. The van der Waals surface area contributed by atoms with Crippen LogP contribution >= 0.6 is 0 Å². The third-order valence-electron chi connectivity index (χ3n) is 6.30. The van der Waals surface area contributed by atoms with Gasteiger partial charge in [0.1, 0.15) is 11.3 Å². The highest BCUT2D eigenvalue weighted by atomic mass is 16.5. The molecule has 0 aliphatic rings. The monoisotopic (exact) mass is 494 g/mol. The first-order chi connectivity index (χ1) is 18.1. The van der Waals surface area contributed by atoms with Gasteiger partial charge >= 0.3 is 0 Å². The fourth-order valence-electron chi connectivity index (χ4n) is 4.40. The minimum Gasteiger partial charge on any atom is -0.493 e. The molecule has 0 amide bonds. The van der Waals surface area contributed by atoms with Crippen LogP contribution in [-0.4, -0.2) is 28.4 Å².